The second-order valence-corrected chi connectivity index (χ2v) is 3.76. The molecule has 0 aromatic rings. The van der Waals surface area contributed by atoms with Gasteiger partial charge < -0.3 is 9.64 Å². The molecule has 4 nitrogen and oxygen atoms in total. The van der Waals surface area contributed by atoms with Crippen molar-refractivity contribution < 1.29 is 31.9 Å². The lowest BCUT2D eigenvalue weighted by Gasteiger charge is -2.29. The van der Waals surface area contributed by atoms with Crippen LogP contribution >= 0.6 is 0 Å². The molecule has 106 valence electrons. The van der Waals surface area contributed by atoms with E-state index in [2.05, 4.69) is 4.74 Å². The van der Waals surface area contributed by atoms with Crippen LogP contribution in [0.25, 0.3) is 0 Å². The number of carbonyl (C=O) groups is 2. The lowest BCUT2D eigenvalue weighted by atomic mass is 10.2. The van der Waals surface area contributed by atoms with Gasteiger partial charge in [-0.1, -0.05) is 0 Å². The van der Waals surface area contributed by atoms with E-state index in [-0.39, 0.29) is 6.61 Å². The Labute approximate surface area is 102 Å². The molecule has 0 heterocycles. The van der Waals surface area contributed by atoms with Crippen LogP contribution in [-0.2, 0) is 14.3 Å². The second-order valence-electron chi connectivity index (χ2n) is 3.76. The Morgan fingerprint density at radius 3 is 2.11 bits per heavy atom. The van der Waals surface area contributed by atoms with Gasteiger partial charge in [0.1, 0.15) is 6.54 Å². The van der Waals surface area contributed by atoms with Crippen molar-refractivity contribution in [1.82, 2.24) is 4.90 Å². The van der Waals surface area contributed by atoms with Crippen LogP contribution in [0, 0.1) is 0 Å². The lowest BCUT2D eigenvalue weighted by molar-refractivity contribution is -0.184. The van der Waals surface area contributed by atoms with E-state index in [4.69, 9.17) is 0 Å². The van der Waals surface area contributed by atoms with Crippen LogP contribution in [0.3, 0.4) is 0 Å². The summed E-state index contributed by atoms with van der Waals surface area (Å²) in [5.41, 5.74) is 0. The third-order valence-electron chi connectivity index (χ3n) is 2.05. The molecule has 0 aromatic carbocycles. The maximum Gasteiger partial charge on any atom is 0.383 e. The van der Waals surface area contributed by atoms with Gasteiger partial charge in [-0.25, -0.2) is 8.78 Å². The van der Waals surface area contributed by atoms with Gasteiger partial charge in [-0.2, -0.15) is 8.78 Å². The third kappa shape index (κ3) is 4.15. The van der Waals surface area contributed by atoms with Gasteiger partial charge in [0.05, 0.1) is 6.61 Å². The molecule has 0 atom stereocenters. The number of carbonyl (C=O) groups excluding carboxylic acids is 2. The number of esters is 1. The number of rotatable bonds is 6. The highest BCUT2D eigenvalue weighted by Gasteiger charge is 2.51. The van der Waals surface area contributed by atoms with E-state index in [9.17, 15) is 27.2 Å². The van der Waals surface area contributed by atoms with Gasteiger partial charge in [-0.05, 0) is 20.8 Å². The van der Waals surface area contributed by atoms with E-state index >= 15 is 0 Å². The smallest absolute Gasteiger partial charge is 0.383 e. The monoisotopic (exact) mass is 273 g/mol. The van der Waals surface area contributed by atoms with Gasteiger partial charge in [0.25, 0.3) is 5.91 Å². The topological polar surface area (TPSA) is 46.6 Å². The van der Waals surface area contributed by atoms with Crippen LogP contribution in [0.15, 0.2) is 0 Å². The van der Waals surface area contributed by atoms with Crippen LogP contribution in [0.2, 0.25) is 0 Å². The Balaban J connectivity index is 4.91. The van der Waals surface area contributed by atoms with E-state index in [1.54, 1.807) is 0 Å². The fourth-order valence-corrected chi connectivity index (χ4v) is 1.12. The van der Waals surface area contributed by atoms with Gasteiger partial charge in [-0.3, -0.25) is 9.59 Å². The molecule has 0 aliphatic rings. The molecule has 0 aromatic heterocycles. The van der Waals surface area contributed by atoms with Crippen molar-refractivity contribution >= 4 is 11.9 Å². The number of ether oxygens (including phenoxy) is 1. The van der Waals surface area contributed by atoms with Crippen molar-refractivity contribution in [3.63, 3.8) is 0 Å². The highest BCUT2D eigenvalue weighted by molar-refractivity contribution is 5.87. The summed E-state index contributed by atoms with van der Waals surface area (Å²) < 4.78 is 54.4. The highest BCUT2D eigenvalue weighted by Crippen LogP contribution is 2.26. The Hall–Kier alpha value is -1.34. The third-order valence-corrected chi connectivity index (χ3v) is 2.05. The lowest BCUT2D eigenvalue weighted by Crippen LogP contribution is -2.52. The molecule has 0 unspecified atom stereocenters. The molecule has 0 saturated carbocycles. The van der Waals surface area contributed by atoms with Crippen LogP contribution < -0.4 is 0 Å². The number of hydrogen-bond donors (Lipinski definition) is 0. The first kappa shape index (κ1) is 16.7. The Kier molecular flexibility index (Phi) is 6.07. The molecular weight excluding hydrogens is 258 g/mol. The van der Waals surface area contributed by atoms with E-state index in [1.165, 1.54) is 20.8 Å². The molecule has 0 radical (unpaired) electrons. The molecule has 0 fully saturated rings. The zero-order chi connectivity index (χ0) is 14.5. The molecular formula is C10H15F4NO3. The van der Waals surface area contributed by atoms with E-state index in [1.807, 2.05) is 0 Å². The normalized spacial score (nSPS) is 11.8. The summed E-state index contributed by atoms with van der Waals surface area (Å²) in [7, 11) is 0. The number of halogens is 4. The molecule has 0 saturated heterocycles. The number of hydrogen-bond acceptors (Lipinski definition) is 3. The predicted octanol–water partition coefficient (Wildman–Crippen LogP) is 1.69. The Morgan fingerprint density at radius 1 is 1.28 bits per heavy atom. The fraction of sp³-hybridized carbons (Fsp3) is 0.800. The molecule has 0 bridgehead atoms. The molecule has 18 heavy (non-hydrogen) atoms. The van der Waals surface area contributed by atoms with Crippen LogP contribution in [-0.4, -0.2) is 48.3 Å². The first-order valence-corrected chi connectivity index (χ1v) is 5.27. The average Bonchev–Trinajstić information content (AvgIpc) is 2.24. The van der Waals surface area contributed by atoms with Gasteiger partial charge in [-0.15, -0.1) is 0 Å². The summed E-state index contributed by atoms with van der Waals surface area (Å²) in [6.07, 6.45) is -4.12. The molecule has 8 heteroatoms. The van der Waals surface area contributed by atoms with Gasteiger partial charge in [0.2, 0.25) is 0 Å². The molecule has 0 spiro atoms. The first-order chi connectivity index (χ1) is 8.14. The summed E-state index contributed by atoms with van der Waals surface area (Å²) >= 11 is 0. The molecule has 1 amide bonds. The Bertz CT molecular complexity index is 307. The molecule has 0 aliphatic carbocycles. The molecule has 0 rings (SSSR count). The highest BCUT2D eigenvalue weighted by atomic mass is 19.3. The zero-order valence-corrected chi connectivity index (χ0v) is 10.3. The number of alkyl halides is 4. The minimum Gasteiger partial charge on any atom is -0.465 e. The van der Waals surface area contributed by atoms with E-state index < -0.39 is 36.8 Å². The summed E-state index contributed by atoms with van der Waals surface area (Å²) in [5, 5.41) is 0. The molecule has 0 N–H and O–H groups in total. The van der Waals surface area contributed by atoms with Crippen LogP contribution in [0.1, 0.15) is 20.8 Å². The zero-order valence-electron chi connectivity index (χ0n) is 10.3. The summed E-state index contributed by atoms with van der Waals surface area (Å²) in [5.74, 6) is -7.82. The number of nitrogens with zero attached hydrogens (tertiary/aromatic N) is 1. The summed E-state index contributed by atoms with van der Waals surface area (Å²) in [6, 6.07) is -0.827. The van der Waals surface area contributed by atoms with Crippen LogP contribution in [0.4, 0.5) is 17.6 Å². The van der Waals surface area contributed by atoms with Crippen molar-refractivity contribution in [2.24, 2.45) is 0 Å². The average molecular weight is 273 g/mol. The van der Waals surface area contributed by atoms with Crippen LogP contribution in [0.5, 0.6) is 0 Å². The van der Waals surface area contributed by atoms with E-state index in [0.29, 0.717) is 4.90 Å². The summed E-state index contributed by atoms with van der Waals surface area (Å²) in [6.45, 7) is 3.38. The largest absolute Gasteiger partial charge is 0.465 e. The second kappa shape index (κ2) is 6.55. The van der Waals surface area contributed by atoms with E-state index in [0.717, 1.165) is 0 Å². The minimum atomic E-state index is -4.81. The summed E-state index contributed by atoms with van der Waals surface area (Å²) in [4.78, 5) is 22.8. The standard InChI is InChI=1S/C10H15F4NO3/c1-4-18-7(16)5-15(6(2)3)9(17)10(13,14)8(11)12/h6,8H,4-5H2,1-3H3. The predicted molar refractivity (Wildman–Crippen MR) is 54.4 cm³/mol. The SMILES string of the molecule is CCOC(=O)CN(C(=O)C(F)(F)C(F)F)C(C)C. The van der Waals surface area contributed by atoms with Gasteiger partial charge in [0, 0.05) is 6.04 Å². The van der Waals surface area contributed by atoms with Crippen molar-refractivity contribution in [3.05, 3.63) is 0 Å². The van der Waals surface area contributed by atoms with Crippen molar-refractivity contribution in [2.45, 2.75) is 39.2 Å². The maximum absolute atomic E-state index is 12.9. The number of amides is 1. The van der Waals surface area contributed by atoms with Gasteiger partial charge >= 0.3 is 18.3 Å². The van der Waals surface area contributed by atoms with Crippen molar-refractivity contribution in [3.8, 4) is 0 Å². The van der Waals surface area contributed by atoms with Crippen molar-refractivity contribution in [2.75, 3.05) is 13.2 Å². The van der Waals surface area contributed by atoms with Crippen molar-refractivity contribution in [1.29, 1.82) is 0 Å². The quantitative estimate of drug-likeness (QED) is 0.546. The maximum atomic E-state index is 12.9. The molecule has 0 aliphatic heterocycles. The first-order valence-electron chi connectivity index (χ1n) is 5.27. The fourth-order valence-electron chi connectivity index (χ4n) is 1.12. The van der Waals surface area contributed by atoms with Gasteiger partial charge in [0.15, 0.2) is 0 Å². The Morgan fingerprint density at radius 2 is 1.78 bits per heavy atom. The minimum absolute atomic E-state index is 0.00417.